The van der Waals surface area contributed by atoms with E-state index in [0.717, 1.165) is 27.8 Å². The maximum atomic E-state index is 10.9. The molecule has 128 valence electrons. The average molecular weight is 400 g/mol. The third-order valence-electron chi connectivity index (χ3n) is 6.31. The van der Waals surface area contributed by atoms with Crippen LogP contribution < -0.4 is 17.7 Å². The van der Waals surface area contributed by atoms with Gasteiger partial charge in [-0.25, -0.2) is 0 Å². The highest BCUT2D eigenvalue weighted by Gasteiger charge is 2.51. The largest absolute Gasteiger partial charge is 1.00 e. The van der Waals surface area contributed by atoms with Crippen molar-refractivity contribution in [3.05, 3.63) is 34.3 Å². The Bertz CT molecular complexity index is 522. The zero-order chi connectivity index (χ0) is 15.4. The molecule has 2 nitrogen and oxygen atoms in total. The van der Waals surface area contributed by atoms with Gasteiger partial charge in [0, 0.05) is 16.6 Å². The summed E-state index contributed by atoms with van der Waals surface area (Å²) >= 11 is 3.46. The van der Waals surface area contributed by atoms with Crippen LogP contribution in [0.15, 0.2) is 28.7 Å². The molecule has 4 aliphatic carbocycles. The lowest BCUT2D eigenvalue weighted by Crippen LogP contribution is -3.00. The van der Waals surface area contributed by atoms with Gasteiger partial charge in [-0.3, -0.25) is 0 Å². The minimum atomic E-state index is -0.802. The number of β-amino-alcohol motifs (C(OH)–C–C–N with tert-alkyl or cyclic N) is 1. The Balaban J connectivity index is 0.00000156. The predicted molar refractivity (Wildman–Crippen MR) is 92.6 cm³/mol. The standard InChI is InChI=1S/C19H26BrNO.ClH/c1-18(22,16-2-4-17(20)5-3-16)12-21-19-9-13-6-14(10-19)8-15(7-13)11-19;/h2-5,13-15,21-22H,6-12H2,1H3;1H/p-1. The Morgan fingerprint density at radius 1 is 1.09 bits per heavy atom. The molecule has 4 heteroatoms. The fourth-order valence-electron chi connectivity index (χ4n) is 5.60. The lowest BCUT2D eigenvalue weighted by Gasteiger charge is -2.57. The van der Waals surface area contributed by atoms with Crippen LogP contribution in [0.1, 0.15) is 51.0 Å². The summed E-state index contributed by atoms with van der Waals surface area (Å²) in [7, 11) is 0. The molecule has 0 spiro atoms. The smallest absolute Gasteiger partial charge is 0.0992 e. The van der Waals surface area contributed by atoms with Gasteiger partial charge in [0.05, 0.1) is 5.60 Å². The Morgan fingerprint density at radius 3 is 2.04 bits per heavy atom. The predicted octanol–water partition coefficient (Wildman–Crippen LogP) is 1.22. The molecule has 5 rings (SSSR count). The van der Waals surface area contributed by atoms with Gasteiger partial charge in [0.2, 0.25) is 0 Å². The van der Waals surface area contributed by atoms with Crippen LogP contribution in [0.25, 0.3) is 0 Å². The van der Waals surface area contributed by atoms with E-state index in [4.69, 9.17) is 0 Å². The van der Waals surface area contributed by atoms with E-state index in [0.29, 0.717) is 12.1 Å². The minimum absolute atomic E-state index is 0. The molecule has 0 aromatic heterocycles. The van der Waals surface area contributed by atoms with Gasteiger partial charge >= 0.3 is 0 Å². The van der Waals surface area contributed by atoms with Gasteiger partial charge in [0.25, 0.3) is 0 Å². The molecule has 1 unspecified atom stereocenters. The van der Waals surface area contributed by atoms with E-state index in [2.05, 4.69) is 21.2 Å². The molecule has 0 heterocycles. The van der Waals surface area contributed by atoms with Gasteiger partial charge in [0.1, 0.15) is 0 Å². The first kappa shape index (κ1) is 17.7. The number of rotatable bonds is 4. The highest BCUT2D eigenvalue weighted by Crippen LogP contribution is 2.55. The summed E-state index contributed by atoms with van der Waals surface area (Å²) < 4.78 is 1.06. The maximum absolute atomic E-state index is 10.9. The summed E-state index contributed by atoms with van der Waals surface area (Å²) in [6.45, 7) is 2.59. The van der Waals surface area contributed by atoms with Crippen molar-refractivity contribution < 1.29 is 17.5 Å². The number of hydrogen-bond donors (Lipinski definition) is 2. The van der Waals surface area contributed by atoms with Gasteiger partial charge in [0.15, 0.2) is 0 Å². The monoisotopic (exact) mass is 398 g/mol. The second kappa shape index (κ2) is 6.33. The van der Waals surface area contributed by atoms with Crippen molar-refractivity contribution in [2.45, 2.75) is 56.6 Å². The third-order valence-corrected chi connectivity index (χ3v) is 6.84. The summed E-state index contributed by atoms with van der Waals surface area (Å²) in [6.07, 6.45) is 8.37. The molecule has 0 radical (unpaired) electrons. The van der Waals surface area contributed by atoms with Crippen LogP contribution in [0.4, 0.5) is 0 Å². The fourth-order valence-corrected chi connectivity index (χ4v) is 5.86. The Hall–Kier alpha value is -0.0900. The summed E-state index contributed by atoms with van der Waals surface area (Å²) in [4.78, 5) is 0. The van der Waals surface area contributed by atoms with Gasteiger partial charge < -0.3 is 22.8 Å². The molecular weight excluding hydrogens is 374 g/mol. The van der Waals surface area contributed by atoms with Gasteiger partial charge in [-0.1, -0.05) is 28.1 Å². The molecule has 4 fully saturated rings. The number of benzene rings is 1. The topological polar surface area (TPSA) is 32.3 Å². The first-order chi connectivity index (χ1) is 10.4. The van der Waals surface area contributed by atoms with Gasteiger partial charge in [-0.05, 0) is 80.9 Å². The van der Waals surface area contributed by atoms with E-state index in [1.165, 1.54) is 38.5 Å². The first-order valence-corrected chi connectivity index (χ1v) is 9.47. The summed E-state index contributed by atoms with van der Waals surface area (Å²) in [5.41, 5.74) is 0.505. The van der Waals surface area contributed by atoms with Crippen LogP contribution >= 0.6 is 15.9 Å². The molecule has 2 N–H and O–H groups in total. The zero-order valence-electron chi connectivity index (χ0n) is 13.7. The van der Waals surface area contributed by atoms with Crippen molar-refractivity contribution in [1.29, 1.82) is 0 Å². The van der Waals surface area contributed by atoms with Crippen molar-refractivity contribution in [1.82, 2.24) is 5.32 Å². The van der Waals surface area contributed by atoms with Crippen LogP contribution in [0, 0.1) is 17.8 Å². The molecule has 1 aromatic carbocycles. The third kappa shape index (κ3) is 3.49. The van der Waals surface area contributed by atoms with Crippen molar-refractivity contribution in [3.63, 3.8) is 0 Å². The number of aliphatic hydroxyl groups is 1. The van der Waals surface area contributed by atoms with Crippen LogP contribution in [-0.2, 0) is 5.60 Å². The first-order valence-electron chi connectivity index (χ1n) is 8.68. The molecule has 4 saturated carbocycles. The molecule has 1 atom stereocenters. The molecule has 23 heavy (non-hydrogen) atoms. The summed E-state index contributed by atoms with van der Waals surface area (Å²) in [5.74, 6) is 2.82. The quantitative estimate of drug-likeness (QED) is 0.798. The average Bonchev–Trinajstić information content (AvgIpc) is 2.45. The normalized spacial score (nSPS) is 37.3. The van der Waals surface area contributed by atoms with E-state index < -0.39 is 5.60 Å². The van der Waals surface area contributed by atoms with Gasteiger partial charge in [-0.2, -0.15) is 0 Å². The fraction of sp³-hybridized carbons (Fsp3) is 0.684. The Labute approximate surface area is 154 Å². The van der Waals surface area contributed by atoms with E-state index in [1.54, 1.807) is 0 Å². The number of halogens is 2. The molecule has 0 saturated heterocycles. The lowest BCUT2D eigenvalue weighted by molar-refractivity contribution is -0.0358. The highest BCUT2D eigenvalue weighted by molar-refractivity contribution is 9.10. The summed E-state index contributed by atoms with van der Waals surface area (Å²) in [5, 5.41) is 14.7. The highest BCUT2D eigenvalue weighted by atomic mass is 79.9. The molecule has 4 aliphatic rings. The Kier molecular flexibility index (Phi) is 4.88. The number of nitrogens with one attached hydrogen (secondary N) is 1. The lowest BCUT2D eigenvalue weighted by atomic mass is 9.53. The molecule has 0 amide bonds. The SMILES string of the molecule is CC(O)(CNC12CC3CC(CC(C3)C1)C2)c1ccc(Br)cc1.[Cl-]. The van der Waals surface area contributed by atoms with Crippen molar-refractivity contribution in [2.24, 2.45) is 17.8 Å². The van der Waals surface area contributed by atoms with Crippen LogP contribution in [0.5, 0.6) is 0 Å². The van der Waals surface area contributed by atoms with Crippen molar-refractivity contribution >= 4 is 15.9 Å². The number of hydrogen-bond acceptors (Lipinski definition) is 2. The van der Waals surface area contributed by atoms with E-state index >= 15 is 0 Å². The molecule has 0 aliphatic heterocycles. The van der Waals surface area contributed by atoms with Crippen molar-refractivity contribution in [2.75, 3.05) is 6.54 Å². The minimum Gasteiger partial charge on any atom is -1.00 e. The van der Waals surface area contributed by atoms with Crippen LogP contribution in [0.3, 0.4) is 0 Å². The van der Waals surface area contributed by atoms with Crippen LogP contribution in [-0.4, -0.2) is 17.2 Å². The van der Waals surface area contributed by atoms with E-state index in [1.807, 2.05) is 31.2 Å². The molecule has 4 bridgehead atoms. The summed E-state index contributed by atoms with van der Waals surface area (Å²) in [6, 6.07) is 8.06. The van der Waals surface area contributed by atoms with Crippen molar-refractivity contribution in [3.8, 4) is 0 Å². The van der Waals surface area contributed by atoms with E-state index in [-0.39, 0.29) is 12.4 Å². The van der Waals surface area contributed by atoms with Gasteiger partial charge in [-0.15, -0.1) is 0 Å². The van der Waals surface area contributed by atoms with E-state index in [9.17, 15) is 5.11 Å². The molecular formula is C19H26BrClNO-. The maximum Gasteiger partial charge on any atom is 0.0992 e. The Morgan fingerprint density at radius 2 is 1.57 bits per heavy atom. The second-order valence-corrected chi connectivity index (χ2v) is 9.25. The van der Waals surface area contributed by atoms with Crippen LogP contribution in [0.2, 0.25) is 0 Å². The zero-order valence-corrected chi connectivity index (χ0v) is 16.0. The molecule has 1 aromatic rings. The second-order valence-electron chi connectivity index (χ2n) is 8.33.